The Kier molecular flexibility index (Phi) is 13.2. The molecule has 0 radical (unpaired) electrons. The number of pyridine rings is 2. The Balaban J connectivity index is 1.49. The molecule has 0 bridgehead atoms. The molecule has 2 heterocycles. The first-order chi connectivity index (χ1) is 24.0. The minimum Gasteiger partial charge on any atom is -0.481 e. The van der Waals surface area contributed by atoms with Gasteiger partial charge in [0.1, 0.15) is 23.3 Å². The van der Waals surface area contributed by atoms with E-state index in [0.29, 0.717) is 39.8 Å². The molecule has 274 valence electrons. The van der Waals surface area contributed by atoms with Crippen LogP contribution in [0.2, 0.25) is 10.0 Å². The SMILES string of the molecule is COc1nc(OCc2cccc(-c3cccc(COc4nc(OC)c(CNC(C)(C)CC(=O)O)cc4Cl)c3C)c2C)c(Cl)cc1CCC(C)(C)C. The highest BCUT2D eigenvalue weighted by Gasteiger charge is 2.23. The molecule has 0 aliphatic carbocycles. The molecule has 2 aromatic carbocycles. The number of benzene rings is 2. The first-order valence-corrected chi connectivity index (χ1v) is 17.6. The number of aryl methyl sites for hydroxylation is 1. The molecule has 51 heavy (non-hydrogen) atoms. The Hall–Kier alpha value is -4.05. The average Bonchev–Trinajstić information content (AvgIpc) is 3.05. The maximum atomic E-state index is 11.2. The highest BCUT2D eigenvalue weighted by atomic mass is 35.5. The zero-order chi connectivity index (χ0) is 37.5. The zero-order valence-electron chi connectivity index (χ0n) is 31.0. The van der Waals surface area contributed by atoms with Gasteiger partial charge in [-0.05, 0) is 91.5 Å². The number of nitrogens with zero attached hydrogens (tertiary/aromatic N) is 2. The lowest BCUT2D eigenvalue weighted by Crippen LogP contribution is -2.40. The summed E-state index contributed by atoms with van der Waals surface area (Å²) < 4.78 is 23.4. The van der Waals surface area contributed by atoms with Crippen molar-refractivity contribution >= 4 is 29.2 Å². The summed E-state index contributed by atoms with van der Waals surface area (Å²) in [6, 6.07) is 15.9. The molecule has 0 saturated carbocycles. The monoisotopic (exact) mass is 737 g/mol. The highest BCUT2D eigenvalue weighted by molar-refractivity contribution is 6.32. The van der Waals surface area contributed by atoms with Gasteiger partial charge in [0.15, 0.2) is 0 Å². The number of hydrogen-bond acceptors (Lipinski definition) is 8. The van der Waals surface area contributed by atoms with Crippen LogP contribution in [-0.4, -0.2) is 40.8 Å². The Labute approximate surface area is 311 Å². The van der Waals surface area contributed by atoms with Crippen LogP contribution in [0.15, 0.2) is 48.5 Å². The molecule has 11 heteroatoms. The van der Waals surface area contributed by atoms with Crippen LogP contribution in [0.25, 0.3) is 11.1 Å². The van der Waals surface area contributed by atoms with E-state index in [1.165, 1.54) is 7.11 Å². The van der Waals surface area contributed by atoms with Crippen molar-refractivity contribution in [3.8, 4) is 34.6 Å². The minimum atomic E-state index is -0.886. The molecule has 2 N–H and O–H groups in total. The number of nitrogens with one attached hydrogen (secondary N) is 1. The number of carboxylic acids is 1. The van der Waals surface area contributed by atoms with Gasteiger partial charge in [0.25, 0.3) is 0 Å². The molecular formula is C40H49Cl2N3O6. The van der Waals surface area contributed by atoms with Crippen LogP contribution in [0.5, 0.6) is 23.5 Å². The molecule has 0 saturated heterocycles. The summed E-state index contributed by atoms with van der Waals surface area (Å²) in [4.78, 5) is 20.3. The van der Waals surface area contributed by atoms with E-state index < -0.39 is 11.5 Å². The standard InChI is InChI=1S/C40H49Cl2N3O6/c1-24-27(22-50-37-32(41)18-26(35(44-37)48-8)16-17-39(3,4)5)12-10-14-30(24)31-15-11-13-28(25(31)2)23-51-38-33(42)19-29(36(45-38)49-9)21-43-40(6,7)20-34(46)47/h10-15,18-19,43H,16-17,20-23H2,1-9H3,(H,46,47). The predicted octanol–water partition coefficient (Wildman–Crippen LogP) is 9.56. The lowest BCUT2D eigenvalue weighted by Gasteiger charge is -2.25. The van der Waals surface area contributed by atoms with Gasteiger partial charge in [-0.15, -0.1) is 0 Å². The molecule has 0 fully saturated rings. The molecular weight excluding hydrogens is 689 g/mol. The number of aliphatic carboxylic acids is 1. The van der Waals surface area contributed by atoms with Gasteiger partial charge < -0.3 is 29.4 Å². The molecule has 0 spiro atoms. The third-order valence-electron chi connectivity index (χ3n) is 8.76. The quantitative estimate of drug-likeness (QED) is 0.116. The van der Waals surface area contributed by atoms with Crippen molar-refractivity contribution < 1.29 is 28.8 Å². The number of methoxy groups -OCH3 is 2. The Morgan fingerprint density at radius 1 is 0.745 bits per heavy atom. The smallest absolute Gasteiger partial charge is 0.305 e. The molecule has 2 aromatic heterocycles. The molecule has 0 aliphatic heterocycles. The van der Waals surface area contributed by atoms with Crippen molar-refractivity contribution in [2.24, 2.45) is 5.41 Å². The third kappa shape index (κ3) is 10.7. The number of halogens is 2. The van der Waals surface area contributed by atoms with E-state index in [2.05, 4.69) is 62.0 Å². The van der Waals surface area contributed by atoms with Crippen LogP contribution in [0.4, 0.5) is 0 Å². The predicted molar refractivity (Wildman–Crippen MR) is 203 cm³/mol. The first-order valence-electron chi connectivity index (χ1n) is 16.9. The van der Waals surface area contributed by atoms with E-state index in [0.717, 1.165) is 51.8 Å². The normalized spacial score (nSPS) is 11.7. The molecule has 4 rings (SSSR count). The summed E-state index contributed by atoms with van der Waals surface area (Å²) >= 11 is 13.2. The molecule has 4 aromatic rings. The van der Waals surface area contributed by atoms with Gasteiger partial charge >= 0.3 is 5.97 Å². The second-order valence-electron chi connectivity index (χ2n) is 14.5. The Morgan fingerprint density at radius 3 is 1.67 bits per heavy atom. The summed E-state index contributed by atoms with van der Waals surface area (Å²) in [6.07, 6.45) is 1.74. The third-order valence-corrected chi connectivity index (χ3v) is 9.30. The van der Waals surface area contributed by atoms with E-state index in [1.807, 2.05) is 44.2 Å². The summed E-state index contributed by atoms with van der Waals surface area (Å²) in [7, 11) is 3.13. The number of hydrogen-bond donors (Lipinski definition) is 2. The molecule has 0 atom stereocenters. The van der Waals surface area contributed by atoms with Crippen molar-refractivity contribution in [3.63, 3.8) is 0 Å². The molecule has 0 aliphatic rings. The average molecular weight is 739 g/mol. The first kappa shape index (κ1) is 39.7. The number of carbonyl (C=O) groups is 1. The van der Waals surface area contributed by atoms with E-state index in [9.17, 15) is 9.90 Å². The fraction of sp³-hybridized carbons (Fsp3) is 0.425. The highest BCUT2D eigenvalue weighted by Crippen LogP contribution is 2.35. The van der Waals surface area contributed by atoms with E-state index in [4.69, 9.17) is 42.1 Å². The maximum absolute atomic E-state index is 11.2. The van der Waals surface area contributed by atoms with E-state index in [-0.39, 0.29) is 30.9 Å². The van der Waals surface area contributed by atoms with Crippen LogP contribution in [0.1, 0.15) is 80.8 Å². The van der Waals surface area contributed by atoms with E-state index >= 15 is 0 Å². The summed E-state index contributed by atoms with van der Waals surface area (Å²) in [5.74, 6) is 0.568. The fourth-order valence-corrected chi connectivity index (χ4v) is 6.15. The van der Waals surface area contributed by atoms with Crippen molar-refractivity contribution in [1.29, 1.82) is 0 Å². The van der Waals surface area contributed by atoms with Crippen LogP contribution < -0.4 is 24.3 Å². The molecule has 0 unspecified atom stereocenters. The van der Waals surface area contributed by atoms with Crippen molar-refractivity contribution in [3.05, 3.63) is 92.0 Å². The summed E-state index contributed by atoms with van der Waals surface area (Å²) in [5.41, 5.74) is 7.45. The minimum absolute atomic E-state index is 0.0395. The lowest BCUT2D eigenvalue weighted by molar-refractivity contribution is -0.138. The van der Waals surface area contributed by atoms with Crippen molar-refractivity contribution in [1.82, 2.24) is 15.3 Å². The summed E-state index contributed by atoms with van der Waals surface area (Å²) in [5, 5.41) is 13.2. The second kappa shape index (κ2) is 17.0. The molecule has 0 amide bonds. The topological polar surface area (TPSA) is 112 Å². The van der Waals surface area contributed by atoms with Gasteiger partial charge in [0.2, 0.25) is 23.5 Å². The van der Waals surface area contributed by atoms with Gasteiger partial charge in [-0.3, -0.25) is 4.79 Å². The van der Waals surface area contributed by atoms with Gasteiger partial charge in [-0.1, -0.05) is 80.4 Å². The number of rotatable bonds is 16. The van der Waals surface area contributed by atoms with E-state index in [1.54, 1.807) is 13.2 Å². The number of ether oxygens (including phenoxy) is 4. The van der Waals surface area contributed by atoms with Gasteiger partial charge in [0.05, 0.1) is 20.6 Å². The van der Waals surface area contributed by atoms with Crippen LogP contribution >= 0.6 is 23.2 Å². The Morgan fingerprint density at radius 2 is 1.22 bits per heavy atom. The second-order valence-corrected chi connectivity index (χ2v) is 15.3. The molecule has 9 nitrogen and oxygen atoms in total. The number of aromatic nitrogens is 2. The largest absolute Gasteiger partial charge is 0.481 e. The van der Waals surface area contributed by atoms with Crippen molar-refractivity contribution in [2.45, 2.75) is 93.0 Å². The summed E-state index contributed by atoms with van der Waals surface area (Å²) in [6.45, 7) is 15.2. The van der Waals surface area contributed by atoms with Gasteiger partial charge in [-0.2, -0.15) is 9.97 Å². The van der Waals surface area contributed by atoms with Gasteiger partial charge in [-0.25, -0.2) is 0 Å². The van der Waals surface area contributed by atoms with Crippen LogP contribution in [0, 0.1) is 19.3 Å². The fourth-order valence-electron chi connectivity index (χ4n) is 5.69. The zero-order valence-corrected chi connectivity index (χ0v) is 32.5. The Bertz CT molecular complexity index is 1860. The maximum Gasteiger partial charge on any atom is 0.305 e. The number of carboxylic acid groups (broad SMARTS) is 1. The van der Waals surface area contributed by atoms with Crippen molar-refractivity contribution in [2.75, 3.05) is 14.2 Å². The lowest BCUT2D eigenvalue weighted by atomic mass is 9.89. The van der Waals surface area contributed by atoms with Crippen LogP contribution in [-0.2, 0) is 31.0 Å². The van der Waals surface area contributed by atoms with Gasteiger partial charge in [0, 0.05) is 23.2 Å². The van der Waals surface area contributed by atoms with Crippen LogP contribution in [0.3, 0.4) is 0 Å².